The van der Waals surface area contributed by atoms with Gasteiger partial charge in [-0.25, -0.2) is 9.37 Å². The number of hydrogen-bond acceptors (Lipinski definition) is 3. The van der Waals surface area contributed by atoms with Crippen LogP contribution < -0.4 is 5.32 Å². The third kappa shape index (κ3) is 4.12. The maximum Gasteiger partial charge on any atom is 0.224 e. The van der Waals surface area contributed by atoms with E-state index >= 15 is 0 Å². The first-order valence-electron chi connectivity index (χ1n) is 8.07. The van der Waals surface area contributed by atoms with E-state index in [0.717, 1.165) is 21.1 Å². The summed E-state index contributed by atoms with van der Waals surface area (Å²) in [5.74, 6) is -0.552. The predicted octanol–water partition coefficient (Wildman–Crippen LogP) is 4.42. The molecule has 128 valence electrons. The first-order valence-corrected chi connectivity index (χ1v) is 8.88. The van der Waals surface area contributed by atoms with Crippen molar-refractivity contribution >= 4 is 17.2 Å². The van der Waals surface area contributed by atoms with E-state index in [4.69, 9.17) is 0 Å². The summed E-state index contributed by atoms with van der Waals surface area (Å²) in [6.45, 7) is 4.40. The van der Waals surface area contributed by atoms with Crippen LogP contribution in [0.5, 0.6) is 0 Å². The molecule has 0 atom stereocenters. The van der Waals surface area contributed by atoms with Crippen molar-refractivity contribution in [1.29, 1.82) is 0 Å². The summed E-state index contributed by atoms with van der Waals surface area (Å²) in [6, 6.07) is 14.4. The number of aryl methyl sites for hydroxylation is 2. The van der Waals surface area contributed by atoms with Crippen LogP contribution in [0.3, 0.4) is 0 Å². The molecule has 0 aliphatic heterocycles. The fourth-order valence-corrected chi connectivity index (χ4v) is 3.67. The Morgan fingerprint density at radius 3 is 2.60 bits per heavy atom. The SMILES string of the molecule is Cc1ccccc1-c1nc(C)c(CNC(=O)Cc2ccccc2F)s1. The Hall–Kier alpha value is -2.53. The van der Waals surface area contributed by atoms with Gasteiger partial charge in [-0.15, -0.1) is 11.3 Å². The van der Waals surface area contributed by atoms with Gasteiger partial charge in [0, 0.05) is 10.4 Å². The number of amides is 1. The molecule has 1 amide bonds. The highest BCUT2D eigenvalue weighted by Gasteiger charge is 2.13. The summed E-state index contributed by atoms with van der Waals surface area (Å²) in [7, 11) is 0. The summed E-state index contributed by atoms with van der Waals surface area (Å²) >= 11 is 1.58. The first-order chi connectivity index (χ1) is 12.0. The molecular formula is C20H19FN2OS. The van der Waals surface area contributed by atoms with Crippen LogP contribution in [0, 0.1) is 19.7 Å². The van der Waals surface area contributed by atoms with Crippen molar-refractivity contribution in [2.75, 3.05) is 0 Å². The Bertz CT molecular complexity index is 904. The van der Waals surface area contributed by atoms with Crippen LogP contribution in [-0.2, 0) is 17.8 Å². The predicted molar refractivity (Wildman–Crippen MR) is 99.0 cm³/mol. The van der Waals surface area contributed by atoms with Crippen molar-refractivity contribution in [3.8, 4) is 10.6 Å². The number of nitrogens with one attached hydrogen (secondary N) is 1. The van der Waals surface area contributed by atoms with Gasteiger partial charge >= 0.3 is 0 Å². The van der Waals surface area contributed by atoms with Crippen LogP contribution in [0.15, 0.2) is 48.5 Å². The third-order valence-electron chi connectivity index (χ3n) is 4.02. The van der Waals surface area contributed by atoms with Crippen molar-refractivity contribution in [2.24, 2.45) is 0 Å². The van der Waals surface area contributed by atoms with Crippen LogP contribution in [0.2, 0.25) is 0 Å². The molecular weight excluding hydrogens is 335 g/mol. The zero-order chi connectivity index (χ0) is 17.8. The molecule has 3 rings (SSSR count). The summed E-state index contributed by atoms with van der Waals surface area (Å²) in [5, 5.41) is 3.81. The van der Waals surface area contributed by atoms with E-state index in [1.165, 1.54) is 11.6 Å². The molecule has 0 radical (unpaired) electrons. The minimum Gasteiger partial charge on any atom is -0.351 e. The molecule has 25 heavy (non-hydrogen) atoms. The number of hydrogen-bond donors (Lipinski definition) is 1. The highest BCUT2D eigenvalue weighted by molar-refractivity contribution is 7.15. The van der Waals surface area contributed by atoms with Gasteiger partial charge in [0.25, 0.3) is 0 Å². The van der Waals surface area contributed by atoms with E-state index in [9.17, 15) is 9.18 Å². The smallest absolute Gasteiger partial charge is 0.224 e. The lowest BCUT2D eigenvalue weighted by molar-refractivity contribution is -0.120. The zero-order valence-corrected chi connectivity index (χ0v) is 15.0. The highest BCUT2D eigenvalue weighted by Crippen LogP contribution is 2.29. The second kappa shape index (κ2) is 7.57. The summed E-state index contributed by atoms with van der Waals surface area (Å²) in [6.07, 6.45) is 0.0369. The maximum absolute atomic E-state index is 13.6. The average molecular weight is 354 g/mol. The third-order valence-corrected chi connectivity index (χ3v) is 5.21. The average Bonchev–Trinajstić information content (AvgIpc) is 2.96. The Balaban J connectivity index is 1.67. The fraction of sp³-hybridized carbons (Fsp3) is 0.200. The van der Waals surface area contributed by atoms with Crippen molar-refractivity contribution < 1.29 is 9.18 Å². The molecule has 5 heteroatoms. The van der Waals surface area contributed by atoms with Gasteiger partial charge in [-0.2, -0.15) is 0 Å². The van der Waals surface area contributed by atoms with Crippen molar-refractivity contribution in [3.05, 3.63) is 76.0 Å². The quantitative estimate of drug-likeness (QED) is 0.737. The van der Waals surface area contributed by atoms with Crippen LogP contribution in [-0.4, -0.2) is 10.9 Å². The lowest BCUT2D eigenvalue weighted by atomic mass is 10.1. The molecule has 1 N–H and O–H groups in total. The van der Waals surface area contributed by atoms with Gasteiger partial charge in [-0.3, -0.25) is 4.79 Å². The molecule has 1 aromatic heterocycles. The lowest BCUT2D eigenvalue weighted by Crippen LogP contribution is -2.24. The minimum absolute atomic E-state index is 0.0369. The molecule has 0 fully saturated rings. The second-order valence-corrected chi connectivity index (χ2v) is 6.97. The highest BCUT2D eigenvalue weighted by atomic mass is 32.1. The van der Waals surface area contributed by atoms with Gasteiger partial charge in [0.05, 0.1) is 18.7 Å². The largest absolute Gasteiger partial charge is 0.351 e. The van der Waals surface area contributed by atoms with Gasteiger partial charge in [0.15, 0.2) is 0 Å². The van der Waals surface area contributed by atoms with Crippen molar-refractivity contribution in [2.45, 2.75) is 26.8 Å². The Kier molecular flexibility index (Phi) is 5.24. The first kappa shape index (κ1) is 17.3. The van der Waals surface area contributed by atoms with E-state index in [1.54, 1.807) is 29.5 Å². The van der Waals surface area contributed by atoms with Gasteiger partial charge in [0.1, 0.15) is 10.8 Å². The molecule has 0 saturated heterocycles. The van der Waals surface area contributed by atoms with Crippen LogP contribution in [0.1, 0.15) is 21.7 Å². The standard InChI is InChI=1S/C20H19FN2OS/c1-13-7-3-5-9-16(13)20-23-14(2)18(25-20)12-22-19(24)11-15-8-4-6-10-17(15)21/h3-10H,11-12H2,1-2H3,(H,22,24). The molecule has 0 aliphatic carbocycles. The number of carbonyl (C=O) groups is 1. The van der Waals surface area contributed by atoms with Crippen molar-refractivity contribution in [3.63, 3.8) is 0 Å². The molecule has 0 aliphatic rings. The van der Waals surface area contributed by atoms with Gasteiger partial charge in [0.2, 0.25) is 5.91 Å². The second-order valence-electron chi connectivity index (χ2n) is 5.89. The Morgan fingerprint density at radius 2 is 1.84 bits per heavy atom. The lowest BCUT2D eigenvalue weighted by Gasteiger charge is -2.05. The van der Waals surface area contributed by atoms with Gasteiger partial charge in [-0.1, -0.05) is 42.5 Å². The van der Waals surface area contributed by atoms with E-state index in [1.807, 2.05) is 25.1 Å². The molecule has 1 heterocycles. The molecule has 2 aromatic carbocycles. The van der Waals surface area contributed by atoms with E-state index in [0.29, 0.717) is 12.1 Å². The monoisotopic (exact) mass is 354 g/mol. The Labute approximate surface area is 150 Å². The topological polar surface area (TPSA) is 42.0 Å². The van der Waals surface area contributed by atoms with Crippen molar-refractivity contribution in [1.82, 2.24) is 10.3 Å². The van der Waals surface area contributed by atoms with E-state index < -0.39 is 0 Å². The summed E-state index contributed by atoms with van der Waals surface area (Å²) < 4.78 is 13.6. The van der Waals surface area contributed by atoms with Gasteiger partial charge in [-0.05, 0) is 31.0 Å². The van der Waals surface area contributed by atoms with Crippen LogP contribution in [0.25, 0.3) is 10.6 Å². The normalized spacial score (nSPS) is 10.7. The number of nitrogens with zero attached hydrogens (tertiary/aromatic N) is 1. The van der Waals surface area contributed by atoms with Crippen LogP contribution in [0.4, 0.5) is 4.39 Å². The molecule has 0 bridgehead atoms. The van der Waals surface area contributed by atoms with E-state index in [2.05, 4.69) is 23.3 Å². The maximum atomic E-state index is 13.6. The molecule has 3 nitrogen and oxygen atoms in total. The number of rotatable bonds is 5. The van der Waals surface area contributed by atoms with Gasteiger partial charge < -0.3 is 5.32 Å². The number of halogens is 1. The molecule has 0 saturated carbocycles. The summed E-state index contributed by atoms with van der Waals surface area (Å²) in [5.41, 5.74) is 3.60. The number of aromatic nitrogens is 1. The number of thiazole rings is 1. The molecule has 0 spiro atoms. The zero-order valence-electron chi connectivity index (χ0n) is 14.2. The van der Waals surface area contributed by atoms with E-state index in [-0.39, 0.29) is 18.1 Å². The fourth-order valence-electron chi connectivity index (χ4n) is 2.58. The number of carbonyl (C=O) groups excluding carboxylic acids is 1. The van der Waals surface area contributed by atoms with Crippen LogP contribution >= 0.6 is 11.3 Å². The molecule has 0 unspecified atom stereocenters. The Morgan fingerprint density at radius 1 is 1.12 bits per heavy atom. The number of benzene rings is 2. The minimum atomic E-state index is -0.353. The summed E-state index contributed by atoms with van der Waals surface area (Å²) in [4.78, 5) is 17.7. The molecule has 3 aromatic rings.